The van der Waals surface area contributed by atoms with E-state index < -0.39 is 5.91 Å². The van der Waals surface area contributed by atoms with Gasteiger partial charge in [0.15, 0.2) is 0 Å². The number of carbonyl (C=O) groups excluding carboxylic acids is 2. The molecule has 172 valence electrons. The van der Waals surface area contributed by atoms with Crippen molar-refractivity contribution < 1.29 is 19.1 Å². The molecular formula is C26H29N3O4. The molecule has 0 aromatic heterocycles. The van der Waals surface area contributed by atoms with Gasteiger partial charge >= 0.3 is 0 Å². The molecule has 2 aromatic rings. The van der Waals surface area contributed by atoms with E-state index in [0.717, 1.165) is 24.0 Å². The first-order chi connectivity index (χ1) is 15.9. The lowest BCUT2D eigenvalue weighted by molar-refractivity contribution is -0.117. The van der Waals surface area contributed by atoms with E-state index in [1.807, 2.05) is 36.1 Å². The third-order valence-corrected chi connectivity index (χ3v) is 5.73. The van der Waals surface area contributed by atoms with Crippen molar-refractivity contribution >= 4 is 17.9 Å². The van der Waals surface area contributed by atoms with Crippen LogP contribution in [0.4, 0.5) is 0 Å². The predicted molar refractivity (Wildman–Crippen MR) is 126 cm³/mol. The van der Waals surface area contributed by atoms with Gasteiger partial charge in [0.2, 0.25) is 0 Å². The Balaban J connectivity index is 1.61. The second-order valence-electron chi connectivity index (χ2n) is 8.12. The lowest BCUT2D eigenvalue weighted by Crippen LogP contribution is -2.44. The molecule has 7 heteroatoms. The first-order valence-corrected chi connectivity index (χ1v) is 10.9. The molecule has 7 nitrogen and oxygen atoms in total. The van der Waals surface area contributed by atoms with Gasteiger partial charge in [-0.1, -0.05) is 23.8 Å². The predicted octanol–water partition coefficient (Wildman–Crippen LogP) is 3.59. The number of nitrogens with one attached hydrogen (secondary N) is 1. The minimum Gasteiger partial charge on any atom is -0.497 e. The van der Waals surface area contributed by atoms with Gasteiger partial charge in [-0.3, -0.25) is 9.59 Å². The molecule has 0 spiro atoms. The minimum atomic E-state index is -0.419. The molecule has 0 bridgehead atoms. The molecule has 1 aliphatic heterocycles. The van der Waals surface area contributed by atoms with Crippen LogP contribution in [0.1, 0.15) is 34.3 Å². The number of likely N-dealkylation sites (tertiary alicyclic amines) is 1. The number of piperidine rings is 1. The normalized spacial score (nSPS) is 16.0. The minimum absolute atomic E-state index is 0.0356. The third-order valence-electron chi connectivity index (χ3n) is 5.73. The third kappa shape index (κ3) is 6.13. The van der Waals surface area contributed by atoms with Crippen LogP contribution in [0.15, 0.2) is 48.0 Å². The largest absolute Gasteiger partial charge is 0.497 e. The zero-order valence-electron chi connectivity index (χ0n) is 19.3. The molecule has 1 saturated heterocycles. The highest BCUT2D eigenvalue weighted by Crippen LogP contribution is 2.24. The van der Waals surface area contributed by atoms with E-state index in [1.54, 1.807) is 44.6 Å². The molecule has 3 rings (SSSR count). The van der Waals surface area contributed by atoms with Gasteiger partial charge < -0.3 is 19.7 Å². The summed E-state index contributed by atoms with van der Waals surface area (Å²) < 4.78 is 10.5. The summed E-state index contributed by atoms with van der Waals surface area (Å²) in [5, 5.41) is 12.3. The molecule has 0 saturated carbocycles. The fraction of sp³-hybridized carbons (Fsp3) is 0.346. The number of carbonyl (C=O) groups is 2. The molecule has 33 heavy (non-hydrogen) atoms. The summed E-state index contributed by atoms with van der Waals surface area (Å²) in [5.74, 6) is 0.891. The van der Waals surface area contributed by atoms with Crippen molar-refractivity contribution in [3.63, 3.8) is 0 Å². The summed E-state index contributed by atoms with van der Waals surface area (Å²) in [5.41, 5.74) is 2.32. The number of ether oxygens (including phenoxy) is 2. The Kier molecular flexibility index (Phi) is 8.09. The monoisotopic (exact) mass is 447 g/mol. The van der Waals surface area contributed by atoms with Crippen molar-refractivity contribution in [1.29, 1.82) is 5.26 Å². The first kappa shape index (κ1) is 23.9. The SMILES string of the molecule is COc1ccc(/C=C(\C#N)C(=O)NCC2CCCN(C(=O)c3cc(C)ccc3OC)C2)cc1. The molecule has 1 fully saturated rings. The number of methoxy groups -OCH3 is 2. The highest BCUT2D eigenvalue weighted by Gasteiger charge is 2.27. The van der Waals surface area contributed by atoms with Crippen LogP contribution in [-0.4, -0.2) is 50.6 Å². The number of hydrogen-bond donors (Lipinski definition) is 1. The average Bonchev–Trinajstić information content (AvgIpc) is 2.85. The smallest absolute Gasteiger partial charge is 0.261 e. The van der Waals surface area contributed by atoms with E-state index in [0.29, 0.717) is 36.7 Å². The maximum Gasteiger partial charge on any atom is 0.261 e. The Labute approximate surface area is 194 Å². The van der Waals surface area contributed by atoms with Crippen LogP contribution in [0.5, 0.6) is 11.5 Å². The van der Waals surface area contributed by atoms with Crippen molar-refractivity contribution in [2.45, 2.75) is 19.8 Å². The van der Waals surface area contributed by atoms with Gasteiger partial charge in [0, 0.05) is 19.6 Å². The Morgan fingerprint density at radius 2 is 1.94 bits per heavy atom. The van der Waals surface area contributed by atoms with Gasteiger partial charge in [-0.05, 0) is 61.6 Å². The second-order valence-corrected chi connectivity index (χ2v) is 8.12. The standard InChI is InChI=1S/C26H29N3O4/c1-18-6-11-24(33-3)23(13-18)26(31)29-12-4-5-20(17-29)16-28-25(30)21(15-27)14-19-7-9-22(32-2)10-8-19/h6-11,13-14,20H,4-5,12,16-17H2,1-3H3,(H,28,30)/b21-14+. The molecule has 1 N–H and O–H groups in total. The molecule has 2 aromatic carbocycles. The number of nitriles is 1. The lowest BCUT2D eigenvalue weighted by atomic mass is 9.96. The highest BCUT2D eigenvalue weighted by molar-refractivity contribution is 6.01. The van der Waals surface area contributed by atoms with Gasteiger partial charge in [-0.2, -0.15) is 5.26 Å². The van der Waals surface area contributed by atoms with Crippen LogP contribution < -0.4 is 14.8 Å². The molecule has 1 atom stereocenters. The summed E-state index contributed by atoms with van der Waals surface area (Å²) in [6.45, 7) is 3.55. The van der Waals surface area contributed by atoms with Crippen molar-refractivity contribution in [2.75, 3.05) is 33.9 Å². The second kappa shape index (κ2) is 11.2. The van der Waals surface area contributed by atoms with Crippen LogP contribution >= 0.6 is 0 Å². The summed E-state index contributed by atoms with van der Waals surface area (Å²) >= 11 is 0. The van der Waals surface area contributed by atoms with Crippen LogP contribution in [-0.2, 0) is 4.79 Å². The Hall–Kier alpha value is -3.79. The van der Waals surface area contributed by atoms with E-state index in [-0.39, 0.29) is 17.4 Å². The fourth-order valence-electron chi connectivity index (χ4n) is 3.92. The molecule has 1 aliphatic rings. The van der Waals surface area contributed by atoms with Gasteiger partial charge in [0.25, 0.3) is 11.8 Å². The molecule has 2 amide bonds. The lowest BCUT2D eigenvalue weighted by Gasteiger charge is -2.33. The molecule has 1 heterocycles. The summed E-state index contributed by atoms with van der Waals surface area (Å²) in [6.07, 6.45) is 3.31. The van der Waals surface area contributed by atoms with Gasteiger partial charge in [-0.25, -0.2) is 0 Å². The summed E-state index contributed by atoms with van der Waals surface area (Å²) in [6, 6.07) is 14.7. The maximum absolute atomic E-state index is 13.1. The maximum atomic E-state index is 13.1. The topological polar surface area (TPSA) is 91.7 Å². The van der Waals surface area contributed by atoms with Crippen molar-refractivity contribution in [2.24, 2.45) is 5.92 Å². The van der Waals surface area contributed by atoms with Gasteiger partial charge in [-0.15, -0.1) is 0 Å². The van der Waals surface area contributed by atoms with Crippen molar-refractivity contribution in [1.82, 2.24) is 10.2 Å². The van der Waals surface area contributed by atoms with E-state index in [4.69, 9.17) is 9.47 Å². The number of amides is 2. The van der Waals surface area contributed by atoms with Gasteiger partial charge in [0.05, 0.1) is 19.8 Å². The average molecular weight is 448 g/mol. The zero-order chi connectivity index (χ0) is 23.8. The van der Waals surface area contributed by atoms with E-state index in [1.165, 1.54) is 0 Å². The van der Waals surface area contributed by atoms with Crippen LogP contribution in [0.25, 0.3) is 6.08 Å². The highest BCUT2D eigenvalue weighted by atomic mass is 16.5. The van der Waals surface area contributed by atoms with Crippen molar-refractivity contribution in [3.8, 4) is 17.6 Å². The Morgan fingerprint density at radius 1 is 1.18 bits per heavy atom. The summed E-state index contributed by atoms with van der Waals surface area (Å²) in [4.78, 5) is 27.5. The quantitative estimate of drug-likeness (QED) is 0.517. The Bertz CT molecular complexity index is 1070. The van der Waals surface area contributed by atoms with Crippen LogP contribution in [0, 0.1) is 24.2 Å². The van der Waals surface area contributed by atoms with E-state index >= 15 is 0 Å². The van der Waals surface area contributed by atoms with Crippen molar-refractivity contribution in [3.05, 3.63) is 64.7 Å². The van der Waals surface area contributed by atoms with Gasteiger partial charge in [0.1, 0.15) is 23.1 Å². The number of hydrogen-bond acceptors (Lipinski definition) is 5. The molecule has 0 aliphatic carbocycles. The Morgan fingerprint density at radius 3 is 2.61 bits per heavy atom. The number of rotatable bonds is 7. The number of aryl methyl sites for hydroxylation is 1. The summed E-state index contributed by atoms with van der Waals surface area (Å²) in [7, 11) is 3.14. The van der Waals surface area contributed by atoms with E-state index in [9.17, 15) is 14.9 Å². The zero-order valence-corrected chi connectivity index (χ0v) is 19.3. The number of nitrogens with zero attached hydrogens (tertiary/aromatic N) is 2. The first-order valence-electron chi connectivity index (χ1n) is 10.9. The van der Waals surface area contributed by atoms with Crippen LogP contribution in [0.2, 0.25) is 0 Å². The molecule has 0 radical (unpaired) electrons. The fourth-order valence-corrected chi connectivity index (χ4v) is 3.92. The van der Waals surface area contributed by atoms with E-state index in [2.05, 4.69) is 5.32 Å². The molecular weight excluding hydrogens is 418 g/mol. The molecule has 1 unspecified atom stereocenters. The van der Waals surface area contributed by atoms with Crippen LogP contribution in [0.3, 0.4) is 0 Å². The number of benzene rings is 2.